The van der Waals surface area contributed by atoms with Gasteiger partial charge in [-0.1, -0.05) is 0 Å². The smallest absolute Gasteiger partial charge is 0.124 e. The second kappa shape index (κ2) is 7.42. The number of ether oxygens (including phenoxy) is 1. The molecule has 2 heterocycles. The van der Waals surface area contributed by atoms with Gasteiger partial charge in [-0.05, 0) is 31.2 Å². The highest BCUT2D eigenvalue weighted by Crippen LogP contribution is 2.27. The van der Waals surface area contributed by atoms with Crippen molar-refractivity contribution < 1.29 is 14.2 Å². The number of benzene rings is 1. The molecule has 1 saturated heterocycles. The highest BCUT2D eigenvalue weighted by molar-refractivity contribution is 5.91. The van der Waals surface area contributed by atoms with Crippen LogP contribution in [0.4, 0.5) is 10.1 Å². The third-order valence-electron chi connectivity index (χ3n) is 4.35. The molecule has 130 valence electrons. The van der Waals surface area contributed by atoms with Gasteiger partial charge in [0.05, 0.1) is 24.8 Å². The lowest BCUT2D eigenvalue weighted by Crippen LogP contribution is -2.44. The van der Waals surface area contributed by atoms with Crippen LogP contribution in [0.15, 0.2) is 24.3 Å². The largest absolute Gasteiger partial charge is 0.390 e. The Morgan fingerprint density at radius 1 is 1.33 bits per heavy atom. The number of anilines is 1. The fourth-order valence-corrected chi connectivity index (χ4v) is 3.18. The van der Waals surface area contributed by atoms with Crippen LogP contribution in [0.1, 0.15) is 5.69 Å². The third-order valence-corrected chi connectivity index (χ3v) is 4.35. The Bertz CT molecular complexity index is 704. The lowest BCUT2D eigenvalue weighted by atomic mass is 10.1. The molecule has 2 aromatic rings. The molecule has 1 unspecified atom stereocenters. The van der Waals surface area contributed by atoms with Crippen LogP contribution in [-0.2, 0) is 4.74 Å². The number of morpholine rings is 1. The molecule has 1 fully saturated rings. The Labute approximate surface area is 141 Å². The number of hydrogen-bond donors (Lipinski definition) is 1. The second-order valence-corrected chi connectivity index (χ2v) is 6.39. The first-order valence-corrected chi connectivity index (χ1v) is 8.29. The zero-order valence-corrected chi connectivity index (χ0v) is 14.2. The Morgan fingerprint density at radius 3 is 2.83 bits per heavy atom. The Balaban J connectivity index is 1.75. The van der Waals surface area contributed by atoms with E-state index in [4.69, 9.17) is 4.74 Å². The van der Waals surface area contributed by atoms with Gasteiger partial charge in [0.25, 0.3) is 0 Å². The topological polar surface area (TPSA) is 48.8 Å². The highest BCUT2D eigenvalue weighted by atomic mass is 19.1. The quantitative estimate of drug-likeness (QED) is 0.904. The molecular weight excluding hydrogens is 309 g/mol. The van der Waals surface area contributed by atoms with Crippen molar-refractivity contribution in [3.8, 4) is 0 Å². The molecule has 24 heavy (non-hydrogen) atoms. The number of hydrogen-bond acceptors (Lipinski definition) is 5. The summed E-state index contributed by atoms with van der Waals surface area (Å²) in [6.07, 6.45) is -0.481. The lowest BCUT2D eigenvalue weighted by molar-refractivity contribution is 0.0163. The van der Waals surface area contributed by atoms with Crippen molar-refractivity contribution in [1.82, 2.24) is 9.88 Å². The van der Waals surface area contributed by atoms with Gasteiger partial charge < -0.3 is 14.7 Å². The summed E-state index contributed by atoms with van der Waals surface area (Å²) in [4.78, 5) is 8.63. The molecule has 0 radical (unpaired) electrons. The molecular formula is C18H24FN3O2. The molecule has 0 saturated carbocycles. The van der Waals surface area contributed by atoms with E-state index in [2.05, 4.69) is 9.88 Å². The van der Waals surface area contributed by atoms with Crippen molar-refractivity contribution >= 4 is 16.6 Å². The minimum atomic E-state index is -0.481. The van der Waals surface area contributed by atoms with Gasteiger partial charge in [0.1, 0.15) is 5.82 Å². The summed E-state index contributed by atoms with van der Waals surface area (Å²) in [6.45, 7) is 6.15. The SMILES string of the molecule is Cc1cc(N(C)CC(O)CN2CCOCC2)c2cc(F)ccc2n1. The van der Waals surface area contributed by atoms with E-state index < -0.39 is 6.10 Å². The number of fused-ring (bicyclic) bond motifs is 1. The van der Waals surface area contributed by atoms with Crippen LogP contribution in [0.5, 0.6) is 0 Å². The fourth-order valence-electron chi connectivity index (χ4n) is 3.18. The van der Waals surface area contributed by atoms with Crippen molar-refractivity contribution in [1.29, 1.82) is 0 Å². The predicted octanol–water partition coefficient (Wildman–Crippen LogP) is 1.81. The fraction of sp³-hybridized carbons (Fsp3) is 0.500. The number of rotatable bonds is 5. The van der Waals surface area contributed by atoms with Crippen molar-refractivity contribution in [2.24, 2.45) is 0 Å². The van der Waals surface area contributed by atoms with E-state index in [0.717, 1.165) is 48.6 Å². The van der Waals surface area contributed by atoms with Gasteiger partial charge in [0.2, 0.25) is 0 Å². The number of β-amino-alcohol motifs (C(OH)–C–C–N with tert-alkyl or cyclic N) is 1. The highest BCUT2D eigenvalue weighted by Gasteiger charge is 2.18. The lowest BCUT2D eigenvalue weighted by Gasteiger charge is -2.31. The molecule has 0 bridgehead atoms. The van der Waals surface area contributed by atoms with Crippen LogP contribution >= 0.6 is 0 Å². The van der Waals surface area contributed by atoms with Crippen molar-refractivity contribution in [3.05, 3.63) is 35.8 Å². The van der Waals surface area contributed by atoms with E-state index in [9.17, 15) is 9.50 Å². The number of aliphatic hydroxyl groups is 1. The van der Waals surface area contributed by atoms with E-state index in [1.165, 1.54) is 12.1 Å². The molecule has 0 amide bonds. The van der Waals surface area contributed by atoms with Crippen LogP contribution < -0.4 is 4.90 Å². The van der Waals surface area contributed by atoms with Gasteiger partial charge >= 0.3 is 0 Å². The van der Waals surface area contributed by atoms with Gasteiger partial charge in [0, 0.05) is 50.0 Å². The normalized spacial score (nSPS) is 17.2. The van der Waals surface area contributed by atoms with Crippen molar-refractivity contribution in [2.75, 3.05) is 51.3 Å². The van der Waals surface area contributed by atoms with Gasteiger partial charge in [-0.25, -0.2) is 4.39 Å². The predicted molar refractivity (Wildman–Crippen MR) is 93.0 cm³/mol. The summed E-state index contributed by atoms with van der Waals surface area (Å²) in [5, 5.41) is 11.2. The Kier molecular flexibility index (Phi) is 5.28. The Morgan fingerprint density at radius 2 is 2.08 bits per heavy atom. The van der Waals surface area contributed by atoms with Gasteiger partial charge in [-0.15, -0.1) is 0 Å². The monoisotopic (exact) mass is 333 g/mol. The first-order valence-electron chi connectivity index (χ1n) is 8.29. The molecule has 1 N–H and O–H groups in total. The number of aromatic nitrogens is 1. The maximum Gasteiger partial charge on any atom is 0.124 e. The molecule has 1 aromatic heterocycles. The average molecular weight is 333 g/mol. The van der Waals surface area contributed by atoms with E-state index in [1.807, 2.05) is 24.9 Å². The van der Waals surface area contributed by atoms with E-state index in [0.29, 0.717) is 13.1 Å². The van der Waals surface area contributed by atoms with Gasteiger partial charge in [-0.2, -0.15) is 0 Å². The summed E-state index contributed by atoms with van der Waals surface area (Å²) in [5.74, 6) is -0.281. The number of likely N-dealkylation sites (N-methyl/N-ethyl adjacent to an activating group) is 1. The molecule has 1 aliphatic rings. The molecule has 1 aliphatic heterocycles. The zero-order chi connectivity index (χ0) is 17.1. The van der Waals surface area contributed by atoms with Crippen molar-refractivity contribution in [2.45, 2.75) is 13.0 Å². The molecule has 3 rings (SSSR count). The maximum absolute atomic E-state index is 13.6. The summed E-state index contributed by atoms with van der Waals surface area (Å²) >= 11 is 0. The van der Waals surface area contributed by atoms with E-state index in [-0.39, 0.29) is 5.82 Å². The molecule has 0 aliphatic carbocycles. The Hall–Kier alpha value is -1.76. The molecule has 1 atom stereocenters. The van der Waals surface area contributed by atoms with Crippen LogP contribution in [0.25, 0.3) is 10.9 Å². The minimum Gasteiger partial charge on any atom is -0.390 e. The van der Waals surface area contributed by atoms with E-state index >= 15 is 0 Å². The summed E-state index contributed by atoms with van der Waals surface area (Å²) in [6, 6.07) is 6.55. The number of aliphatic hydroxyl groups excluding tert-OH is 1. The second-order valence-electron chi connectivity index (χ2n) is 6.39. The number of halogens is 1. The van der Waals surface area contributed by atoms with Crippen LogP contribution in [0.3, 0.4) is 0 Å². The summed E-state index contributed by atoms with van der Waals surface area (Å²) in [7, 11) is 1.92. The summed E-state index contributed by atoms with van der Waals surface area (Å²) in [5.41, 5.74) is 2.53. The first kappa shape index (κ1) is 17.1. The average Bonchev–Trinajstić information content (AvgIpc) is 2.55. The molecule has 6 heteroatoms. The first-order chi connectivity index (χ1) is 11.5. The zero-order valence-electron chi connectivity index (χ0n) is 14.2. The third kappa shape index (κ3) is 4.01. The summed E-state index contributed by atoms with van der Waals surface area (Å²) < 4.78 is 19.0. The molecule has 1 aromatic carbocycles. The maximum atomic E-state index is 13.6. The van der Waals surface area contributed by atoms with Crippen molar-refractivity contribution in [3.63, 3.8) is 0 Å². The van der Waals surface area contributed by atoms with Crippen LogP contribution in [-0.4, -0.2) is 67.5 Å². The molecule has 0 spiro atoms. The van der Waals surface area contributed by atoms with Gasteiger partial charge in [0.15, 0.2) is 0 Å². The molecule has 5 nitrogen and oxygen atoms in total. The number of pyridine rings is 1. The standard InChI is InChI=1S/C18H24FN3O2/c1-13-9-18(16-10-14(19)3-4-17(16)20-13)21(2)11-15(23)12-22-5-7-24-8-6-22/h3-4,9-10,15,23H,5-8,11-12H2,1-2H3. The van der Waals surface area contributed by atoms with Crippen LogP contribution in [0.2, 0.25) is 0 Å². The van der Waals surface area contributed by atoms with E-state index in [1.54, 1.807) is 6.07 Å². The number of nitrogens with zero attached hydrogens (tertiary/aromatic N) is 3. The number of aryl methyl sites for hydroxylation is 1. The van der Waals surface area contributed by atoms with Crippen LogP contribution in [0, 0.1) is 12.7 Å². The van der Waals surface area contributed by atoms with Gasteiger partial charge in [-0.3, -0.25) is 9.88 Å². The minimum absolute atomic E-state index is 0.281.